The molecule has 1 aromatic carbocycles. The van der Waals surface area contributed by atoms with Gasteiger partial charge in [0.1, 0.15) is 18.2 Å². The van der Waals surface area contributed by atoms with Crippen molar-refractivity contribution in [1.29, 1.82) is 0 Å². The molecule has 1 aromatic rings. The van der Waals surface area contributed by atoms with Crippen molar-refractivity contribution in [2.45, 2.75) is 59.0 Å². The summed E-state index contributed by atoms with van der Waals surface area (Å²) >= 11 is 0. The molecule has 1 rings (SSSR count). The first-order chi connectivity index (χ1) is 11.8. The number of rotatable bonds is 6. The summed E-state index contributed by atoms with van der Waals surface area (Å²) in [4.78, 5) is 24.2. The second-order valence-electron chi connectivity index (χ2n) is 6.36. The van der Waals surface area contributed by atoms with E-state index >= 15 is 0 Å². The fourth-order valence-electron chi connectivity index (χ4n) is 1.95. The smallest absolute Gasteiger partial charge is 0.408 e. The molecule has 136 valence electrons. The third kappa shape index (κ3) is 7.73. The Morgan fingerprint density at radius 2 is 1.88 bits per heavy atom. The van der Waals surface area contributed by atoms with Crippen LogP contribution in [0.5, 0.6) is 0 Å². The number of nitrogens with one attached hydrogen (secondary N) is 1. The lowest BCUT2D eigenvalue weighted by Gasteiger charge is -2.22. The highest BCUT2D eigenvalue weighted by Gasteiger charge is 2.25. The predicted octanol–water partition coefficient (Wildman–Crippen LogP) is 2.53. The normalized spacial score (nSPS) is 11.7. The number of aliphatic hydroxyl groups is 1. The zero-order valence-electron chi connectivity index (χ0n) is 15.1. The molecule has 0 fully saturated rings. The highest BCUT2D eigenvalue weighted by atomic mass is 16.6. The summed E-state index contributed by atoms with van der Waals surface area (Å²) in [6.07, 6.45) is -0.584. The summed E-state index contributed by atoms with van der Waals surface area (Å²) in [5.41, 5.74) is 0.714. The Hall–Kier alpha value is -2.52. The van der Waals surface area contributed by atoms with Crippen molar-refractivity contribution in [1.82, 2.24) is 5.32 Å². The van der Waals surface area contributed by atoms with E-state index in [-0.39, 0.29) is 19.6 Å². The molecule has 0 bridgehead atoms. The molecule has 0 aliphatic heterocycles. The van der Waals surface area contributed by atoms with Gasteiger partial charge in [0.15, 0.2) is 0 Å². The Bertz CT molecular complexity index is 652. The lowest BCUT2D eigenvalue weighted by Crippen LogP contribution is -2.44. The van der Waals surface area contributed by atoms with Gasteiger partial charge in [0.25, 0.3) is 0 Å². The fraction of sp³-hybridized carbons (Fsp3) is 0.474. The summed E-state index contributed by atoms with van der Waals surface area (Å²) in [6.45, 7) is 6.70. The van der Waals surface area contributed by atoms with Crippen LogP contribution in [0.25, 0.3) is 0 Å². The summed E-state index contributed by atoms with van der Waals surface area (Å²) in [6, 6.07) is 6.17. The maximum Gasteiger partial charge on any atom is 0.408 e. The second-order valence-corrected chi connectivity index (χ2v) is 6.36. The number of amides is 1. The minimum Gasteiger partial charge on any atom is -0.459 e. The number of hydrogen-bond donors (Lipinski definition) is 2. The number of hydrogen-bond acceptors (Lipinski definition) is 5. The van der Waals surface area contributed by atoms with Gasteiger partial charge in [-0.05, 0) is 38.8 Å². The number of aliphatic hydroxyl groups excluding tert-OH is 1. The first-order valence-corrected chi connectivity index (χ1v) is 8.00. The zero-order valence-corrected chi connectivity index (χ0v) is 15.1. The van der Waals surface area contributed by atoms with Crippen LogP contribution in [0.3, 0.4) is 0 Å². The quantitative estimate of drug-likeness (QED) is 0.610. The third-order valence-electron chi connectivity index (χ3n) is 3.12. The molecule has 25 heavy (non-hydrogen) atoms. The van der Waals surface area contributed by atoms with E-state index in [1.807, 2.05) is 0 Å². The maximum absolute atomic E-state index is 12.3. The topological polar surface area (TPSA) is 84.9 Å². The molecule has 0 unspecified atom stereocenters. The van der Waals surface area contributed by atoms with Crippen molar-refractivity contribution in [2.75, 3.05) is 0 Å². The minimum absolute atomic E-state index is 0.00161. The Morgan fingerprint density at radius 1 is 1.24 bits per heavy atom. The molecular weight excluding hydrogens is 322 g/mol. The van der Waals surface area contributed by atoms with Crippen LogP contribution >= 0.6 is 0 Å². The van der Waals surface area contributed by atoms with Crippen LogP contribution in [0.15, 0.2) is 24.3 Å². The van der Waals surface area contributed by atoms with E-state index in [1.54, 1.807) is 52.0 Å². The molecule has 6 nitrogen and oxygen atoms in total. The molecule has 0 radical (unpaired) electrons. The van der Waals surface area contributed by atoms with Crippen molar-refractivity contribution in [2.24, 2.45) is 0 Å². The van der Waals surface area contributed by atoms with Crippen LogP contribution in [-0.2, 0) is 27.5 Å². The van der Waals surface area contributed by atoms with Gasteiger partial charge < -0.3 is 19.9 Å². The lowest BCUT2D eigenvalue weighted by atomic mass is 10.1. The first kappa shape index (κ1) is 20.5. The minimum atomic E-state index is -0.927. The molecule has 0 saturated carbocycles. The van der Waals surface area contributed by atoms with Crippen LogP contribution in [-0.4, -0.2) is 28.8 Å². The van der Waals surface area contributed by atoms with Gasteiger partial charge in [0.05, 0.1) is 6.61 Å². The van der Waals surface area contributed by atoms with Crippen molar-refractivity contribution < 1.29 is 24.2 Å². The summed E-state index contributed by atoms with van der Waals surface area (Å²) in [7, 11) is 0. The molecule has 0 heterocycles. The van der Waals surface area contributed by atoms with Crippen LogP contribution < -0.4 is 5.32 Å². The van der Waals surface area contributed by atoms with E-state index in [0.29, 0.717) is 11.1 Å². The van der Waals surface area contributed by atoms with Crippen LogP contribution in [0.1, 0.15) is 45.2 Å². The van der Waals surface area contributed by atoms with Gasteiger partial charge in [-0.25, -0.2) is 9.59 Å². The Kier molecular flexibility index (Phi) is 7.96. The molecule has 0 saturated heterocycles. The van der Waals surface area contributed by atoms with Crippen LogP contribution in [0, 0.1) is 11.8 Å². The van der Waals surface area contributed by atoms with Crippen molar-refractivity contribution in [3.8, 4) is 11.8 Å². The van der Waals surface area contributed by atoms with E-state index < -0.39 is 23.7 Å². The molecule has 0 aliphatic rings. The van der Waals surface area contributed by atoms with Gasteiger partial charge in [-0.1, -0.05) is 24.3 Å². The van der Waals surface area contributed by atoms with E-state index in [9.17, 15) is 14.7 Å². The lowest BCUT2D eigenvalue weighted by molar-refractivity contribution is -0.147. The van der Waals surface area contributed by atoms with Crippen molar-refractivity contribution in [3.05, 3.63) is 35.4 Å². The molecular formula is C19H25NO5. The van der Waals surface area contributed by atoms with E-state index in [4.69, 9.17) is 9.47 Å². The van der Waals surface area contributed by atoms with Gasteiger partial charge in [-0.15, -0.1) is 11.8 Å². The first-order valence-electron chi connectivity index (χ1n) is 8.00. The predicted molar refractivity (Wildman–Crippen MR) is 93.4 cm³/mol. The number of esters is 1. The Morgan fingerprint density at radius 3 is 2.44 bits per heavy atom. The van der Waals surface area contributed by atoms with Crippen LogP contribution in [0.2, 0.25) is 0 Å². The van der Waals surface area contributed by atoms with E-state index in [2.05, 4.69) is 17.2 Å². The second kappa shape index (κ2) is 9.70. The number of carbonyl (C=O) groups excluding carboxylic acids is 2. The standard InChI is InChI=1S/C19H25NO5/c1-5-6-11-16(20-18(23)25-19(2,3)4)17(22)24-13-15-10-8-7-9-14(15)12-21/h7-10,16,21H,11-13H2,1-4H3,(H,20,23)/t16-/m0/s1. The average molecular weight is 347 g/mol. The molecule has 6 heteroatoms. The molecule has 0 aromatic heterocycles. The molecule has 1 atom stereocenters. The van der Waals surface area contributed by atoms with Crippen LogP contribution in [0.4, 0.5) is 4.79 Å². The van der Waals surface area contributed by atoms with Crippen molar-refractivity contribution in [3.63, 3.8) is 0 Å². The van der Waals surface area contributed by atoms with Gasteiger partial charge in [0.2, 0.25) is 0 Å². The summed E-state index contributed by atoms with van der Waals surface area (Å²) < 4.78 is 10.4. The summed E-state index contributed by atoms with van der Waals surface area (Å²) in [5.74, 6) is 4.83. The third-order valence-corrected chi connectivity index (χ3v) is 3.12. The SMILES string of the molecule is CC#CC[C@H](NC(=O)OC(C)(C)C)C(=O)OCc1ccccc1CO. The summed E-state index contributed by atoms with van der Waals surface area (Å²) in [5, 5.41) is 11.8. The highest BCUT2D eigenvalue weighted by molar-refractivity contribution is 5.81. The Labute approximate surface area is 148 Å². The molecule has 0 aliphatic carbocycles. The van der Waals surface area contributed by atoms with E-state index in [0.717, 1.165) is 0 Å². The fourth-order valence-corrected chi connectivity index (χ4v) is 1.95. The van der Waals surface area contributed by atoms with Gasteiger partial charge in [-0.3, -0.25) is 0 Å². The molecule has 1 amide bonds. The number of benzene rings is 1. The largest absolute Gasteiger partial charge is 0.459 e. The number of carbonyl (C=O) groups is 2. The number of ether oxygens (including phenoxy) is 2. The highest BCUT2D eigenvalue weighted by Crippen LogP contribution is 2.11. The van der Waals surface area contributed by atoms with Gasteiger partial charge >= 0.3 is 12.1 Å². The molecule has 0 spiro atoms. The van der Waals surface area contributed by atoms with Gasteiger partial charge in [0, 0.05) is 6.42 Å². The number of alkyl carbamates (subject to hydrolysis) is 1. The monoisotopic (exact) mass is 347 g/mol. The van der Waals surface area contributed by atoms with Crippen molar-refractivity contribution >= 4 is 12.1 Å². The Balaban J connectivity index is 2.72. The van der Waals surface area contributed by atoms with Gasteiger partial charge in [-0.2, -0.15) is 0 Å². The zero-order chi connectivity index (χ0) is 18.9. The average Bonchev–Trinajstić information content (AvgIpc) is 2.54. The van der Waals surface area contributed by atoms with E-state index in [1.165, 1.54) is 0 Å². The maximum atomic E-state index is 12.3. The molecule has 2 N–H and O–H groups in total.